The van der Waals surface area contributed by atoms with Gasteiger partial charge >= 0.3 is 0 Å². The molecule has 0 bridgehead atoms. The minimum absolute atomic E-state index is 0.112. The highest BCUT2D eigenvalue weighted by molar-refractivity contribution is 9.11. The SMILES string of the molecule is CCN1C(=O)/C(=C/c2cc(Br)c(OCc3ccc(F)cc3)c(Br)c2)N(C)C1=S. The average molecular weight is 528 g/mol. The van der Waals surface area contributed by atoms with Crippen molar-refractivity contribution in [2.45, 2.75) is 13.5 Å². The fourth-order valence-corrected chi connectivity index (χ4v) is 4.55. The van der Waals surface area contributed by atoms with Crippen molar-refractivity contribution < 1.29 is 13.9 Å². The van der Waals surface area contributed by atoms with Gasteiger partial charge in [-0.15, -0.1) is 0 Å². The van der Waals surface area contributed by atoms with Crippen molar-refractivity contribution in [2.24, 2.45) is 0 Å². The van der Waals surface area contributed by atoms with E-state index in [0.29, 0.717) is 29.7 Å². The second kappa shape index (κ2) is 8.71. The Bertz CT molecular complexity index is 940. The number of halogens is 3. The fraction of sp³-hybridized carbons (Fsp3) is 0.200. The molecular weight excluding hydrogens is 511 g/mol. The molecule has 28 heavy (non-hydrogen) atoms. The van der Waals surface area contributed by atoms with Crippen molar-refractivity contribution in [2.75, 3.05) is 13.6 Å². The van der Waals surface area contributed by atoms with E-state index in [1.165, 1.54) is 12.1 Å². The summed E-state index contributed by atoms with van der Waals surface area (Å²) < 4.78 is 20.4. The van der Waals surface area contributed by atoms with Crippen LogP contribution in [-0.2, 0) is 11.4 Å². The van der Waals surface area contributed by atoms with Gasteiger partial charge in [0, 0.05) is 13.6 Å². The summed E-state index contributed by atoms with van der Waals surface area (Å²) in [5.41, 5.74) is 2.20. The van der Waals surface area contributed by atoms with Crippen LogP contribution in [0.2, 0.25) is 0 Å². The number of carbonyl (C=O) groups is 1. The Balaban J connectivity index is 1.83. The Morgan fingerprint density at radius 3 is 2.32 bits per heavy atom. The molecule has 0 aliphatic carbocycles. The van der Waals surface area contributed by atoms with Crippen LogP contribution in [-0.4, -0.2) is 34.4 Å². The average Bonchev–Trinajstić information content (AvgIpc) is 2.85. The molecule has 1 heterocycles. The lowest BCUT2D eigenvalue weighted by Gasteiger charge is -2.14. The summed E-state index contributed by atoms with van der Waals surface area (Å²) in [4.78, 5) is 15.8. The van der Waals surface area contributed by atoms with Crippen molar-refractivity contribution in [1.82, 2.24) is 9.80 Å². The Kier molecular flexibility index (Phi) is 6.52. The molecule has 0 saturated carbocycles. The van der Waals surface area contributed by atoms with E-state index in [0.717, 1.165) is 20.1 Å². The predicted molar refractivity (Wildman–Crippen MR) is 118 cm³/mol. The predicted octanol–water partition coefficient (Wildman–Crippen LogP) is 5.35. The lowest BCUT2D eigenvalue weighted by atomic mass is 10.1. The zero-order valence-corrected chi connectivity index (χ0v) is 19.2. The number of hydrogen-bond acceptors (Lipinski definition) is 3. The number of benzene rings is 2. The van der Waals surface area contributed by atoms with Crippen LogP contribution in [0.4, 0.5) is 4.39 Å². The summed E-state index contributed by atoms with van der Waals surface area (Å²) in [5, 5.41) is 0.496. The number of rotatable bonds is 5. The molecule has 1 amide bonds. The van der Waals surface area contributed by atoms with Gasteiger partial charge in [-0.25, -0.2) is 4.39 Å². The van der Waals surface area contributed by atoms with Gasteiger partial charge in [-0.05, 0) is 92.5 Å². The summed E-state index contributed by atoms with van der Waals surface area (Å²) in [5.74, 6) is 0.234. The van der Waals surface area contributed by atoms with Crippen molar-refractivity contribution in [3.05, 3.63) is 68.0 Å². The maximum atomic E-state index is 13.0. The zero-order chi connectivity index (χ0) is 20.4. The van der Waals surface area contributed by atoms with Gasteiger partial charge in [0.15, 0.2) is 5.11 Å². The van der Waals surface area contributed by atoms with Crippen molar-refractivity contribution in [3.63, 3.8) is 0 Å². The molecule has 146 valence electrons. The standard InChI is InChI=1S/C20H17Br2FN2O2S/c1-3-25-19(26)17(24(2)20(25)28)10-13-8-15(21)18(16(22)9-13)27-11-12-4-6-14(23)7-5-12/h4-10H,3,11H2,1-2H3/b17-10-. The molecule has 0 unspecified atom stereocenters. The summed E-state index contributed by atoms with van der Waals surface area (Å²) in [7, 11) is 1.78. The highest BCUT2D eigenvalue weighted by Crippen LogP contribution is 2.36. The first kappa shape index (κ1) is 21.0. The third-order valence-corrected chi connectivity index (χ3v) is 5.95. The van der Waals surface area contributed by atoms with Crippen molar-refractivity contribution in [3.8, 4) is 5.75 Å². The molecular formula is C20H17Br2FN2O2S. The van der Waals surface area contributed by atoms with Crippen molar-refractivity contribution >= 4 is 61.2 Å². The van der Waals surface area contributed by atoms with E-state index in [2.05, 4.69) is 31.9 Å². The van der Waals surface area contributed by atoms with Crippen LogP contribution < -0.4 is 4.74 Å². The first-order chi connectivity index (χ1) is 13.3. The lowest BCUT2D eigenvalue weighted by Crippen LogP contribution is -2.30. The van der Waals surface area contributed by atoms with E-state index < -0.39 is 0 Å². The molecule has 1 saturated heterocycles. The van der Waals surface area contributed by atoms with Gasteiger partial charge in [-0.3, -0.25) is 9.69 Å². The smallest absolute Gasteiger partial charge is 0.276 e. The minimum atomic E-state index is -0.281. The van der Waals surface area contributed by atoms with E-state index >= 15 is 0 Å². The van der Waals surface area contributed by atoms with Crippen LogP contribution in [0, 0.1) is 5.82 Å². The number of ether oxygens (including phenoxy) is 1. The van der Waals surface area contributed by atoms with Gasteiger partial charge in [-0.1, -0.05) is 12.1 Å². The Labute approximate surface area is 185 Å². The second-order valence-corrected chi connectivity index (χ2v) is 8.22. The molecule has 4 nitrogen and oxygen atoms in total. The van der Waals surface area contributed by atoms with E-state index in [-0.39, 0.29) is 11.7 Å². The first-order valence-corrected chi connectivity index (χ1v) is 10.5. The van der Waals surface area contributed by atoms with Crippen LogP contribution in [0.25, 0.3) is 6.08 Å². The number of amides is 1. The molecule has 0 N–H and O–H groups in total. The molecule has 1 aliphatic heterocycles. The second-order valence-electron chi connectivity index (χ2n) is 6.15. The van der Waals surface area contributed by atoms with Gasteiger partial charge in [0.2, 0.25) is 0 Å². The number of hydrogen-bond donors (Lipinski definition) is 0. The molecule has 0 spiro atoms. The maximum Gasteiger partial charge on any atom is 0.276 e. The fourth-order valence-electron chi connectivity index (χ4n) is 2.78. The highest BCUT2D eigenvalue weighted by atomic mass is 79.9. The summed E-state index contributed by atoms with van der Waals surface area (Å²) in [6.07, 6.45) is 1.80. The van der Waals surface area contributed by atoms with E-state index in [1.807, 2.05) is 19.1 Å². The first-order valence-electron chi connectivity index (χ1n) is 8.49. The summed E-state index contributed by atoms with van der Waals surface area (Å²) in [6, 6.07) is 9.90. The number of nitrogens with zero attached hydrogens (tertiary/aromatic N) is 2. The molecule has 2 aromatic carbocycles. The Hall–Kier alpha value is -1.77. The number of carbonyl (C=O) groups excluding carboxylic acids is 1. The van der Waals surface area contributed by atoms with E-state index in [4.69, 9.17) is 17.0 Å². The lowest BCUT2D eigenvalue weighted by molar-refractivity contribution is -0.122. The van der Waals surface area contributed by atoms with Crippen LogP contribution in [0.5, 0.6) is 5.75 Å². The van der Waals surface area contributed by atoms with E-state index in [9.17, 15) is 9.18 Å². The molecule has 0 atom stereocenters. The monoisotopic (exact) mass is 526 g/mol. The number of thiocarbonyl (C=S) groups is 1. The largest absolute Gasteiger partial charge is 0.487 e. The molecule has 0 radical (unpaired) electrons. The van der Waals surface area contributed by atoms with Crippen LogP contribution in [0.1, 0.15) is 18.1 Å². The number of likely N-dealkylation sites (N-methyl/N-ethyl adjacent to an activating group) is 2. The van der Waals surface area contributed by atoms with Gasteiger partial charge < -0.3 is 9.64 Å². The highest BCUT2D eigenvalue weighted by Gasteiger charge is 2.34. The minimum Gasteiger partial charge on any atom is -0.487 e. The van der Waals surface area contributed by atoms with Crippen molar-refractivity contribution in [1.29, 1.82) is 0 Å². The maximum absolute atomic E-state index is 13.0. The summed E-state index contributed by atoms with van der Waals surface area (Å²) in [6.45, 7) is 2.73. The Morgan fingerprint density at radius 1 is 1.18 bits per heavy atom. The quantitative estimate of drug-likeness (QED) is 0.387. The van der Waals surface area contributed by atoms with Gasteiger partial charge in [0.05, 0.1) is 8.95 Å². The molecule has 1 fully saturated rings. The van der Waals surface area contributed by atoms with Crippen LogP contribution in [0.15, 0.2) is 51.0 Å². The zero-order valence-electron chi connectivity index (χ0n) is 15.2. The normalized spacial score (nSPS) is 15.7. The Morgan fingerprint density at radius 2 is 1.79 bits per heavy atom. The van der Waals surface area contributed by atoms with Crippen LogP contribution in [0.3, 0.4) is 0 Å². The molecule has 3 rings (SSSR count). The molecule has 1 aliphatic rings. The molecule has 0 aromatic heterocycles. The topological polar surface area (TPSA) is 32.8 Å². The third kappa shape index (κ3) is 4.29. The molecule has 8 heteroatoms. The summed E-state index contributed by atoms with van der Waals surface area (Å²) >= 11 is 12.4. The molecule has 2 aromatic rings. The van der Waals surface area contributed by atoms with Crippen LogP contribution >= 0.6 is 44.1 Å². The van der Waals surface area contributed by atoms with Gasteiger partial charge in [0.25, 0.3) is 5.91 Å². The third-order valence-electron chi connectivity index (χ3n) is 4.28. The van der Waals surface area contributed by atoms with E-state index in [1.54, 1.807) is 35.1 Å². The van der Waals surface area contributed by atoms with Gasteiger partial charge in [0.1, 0.15) is 23.9 Å². The van der Waals surface area contributed by atoms with Gasteiger partial charge in [-0.2, -0.15) is 0 Å².